The van der Waals surface area contributed by atoms with Gasteiger partial charge in [-0.25, -0.2) is 13.1 Å². The van der Waals surface area contributed by atoms with Crippen molar-refractivity contribution >= 4 is 15.7 Å². The van der Waals surface area contributed by atoms with Crippen LogP contribution >= 0.6 is 0 Å². The summed E-state index contributed by atoms with van der Waals surface area (Å²) in [6.45, 7) is 2.06. The van der Waals surface area contributed by atoms with E-state index in [1.165, 1.54) is 6.26 Å². The first-order valence-corrected chi connectivity index (χ1v) is 8.93. The third-order valence-electron chi connectivity index (χ3n) is 3.79. The third kappa shape index (κ3) is 3.50. The van der Waals surface area contributed by atoms with Crippen LogP contribution in [-0.4, -0.2) is 8.42 Å². The lowest BCUT2D eigenvalue weighted by atomic mass is 10.0. The Morgan fingerprint density at radius 2 is 1.75 bits per heavy atom. The molecule has 0 amide bonds. The highest BCUT2D eigenvalue weighted by atomic mass is 32.2. The van der Waals surface area contributed by atoms with Crippen LogP contribution in [0.15, 0.2) is 70.2 Å². The summed E-state index contributed by atoms with van der Waals surface area (Å²) in [5.74, 6) is 0.560. The Hall–Kier alpha value is -2.57. The number of hydrogen-bond acceptors (Lipinski definition) is 4. The Morgan fingerprint density at radius 1 is 1.04 bits per heavy atom. The zero-order valence-corrected chi connectivity index (χ0v) is 14.0. The second kappa shape index (κ2) is 6.51. The molecule has 0 radical (unpaired) electrons. The molecule has 0 unspecified atom stereocenters. The number of nitrogens with two attached hydrogens (primary N) is 1. The fraction of sp³-hybridized carbons (Fsp3) is 0.111. The first-order chi connectivity index (χ1) is 11.5. The van der Waals surface area contributed by atoms with E-state index >= 15 is 0 Å². The van der Waals surface area contributed by atoms with Gasteiger partial charge in [-0.2, -0.15) is 0 Å². The molecule has 2 aromatic carbocycles. The largest absolute Gasteiger partial charge is 0.468 e. The molecule has 0 saturated carbocycles. The van der Waals surface area contributed by atoms with Crippen LogP contribution in [0.1, 0.15) is 11.3 Å². The summed E-state index contributed by atoms with van der Waals surface area (Å²) in [5.41, 5.74) is 9.51. The predicted octanol–water partition coefficient (Wildman–Crippen LogP) is 3.32. The van der Waals surface area contributed by atoms with Crippen LogP contribution in [0.3, 0.4) is 0 Å². The van der Waals surface area contributed by atoms with Crippen molar-refractivity contribution in [2.75, 3.05) is 5.73 Å². The van der Waals surface area contributed by atoms with E-state index in [1.807, 2.05) is 25.1 Å². The van der Waals surface area contributed by atoms with Gasteiger partial charge in [0.2, 0.25) is 10.0 Å². The van der Waals surface area contributed by atoms with E-state index in [9.17, 15) is 8.42 Å². The molecular formula is C18H18N2O3S. The fourth-order valence-corrected chi connectivity index (χ4v) is 3.30. The van der Waals surface area contributed by atoms with Gasteiger partial charge in [-0.3, -0.25) is 0 Å². The zero-order valence-electron chi connectivity index (χ0n) is 13.2. The first kappa shape index (κ1) is 16.3. The summed E-state index contributed by atoms with van der Waals surface area (Å²) in [5, 5.41) is 0. The van der Waals surface area contributed by atoms with Crippen LogP contribution in [0.2, 0.25) is 0 Å². The summed E-state index contributed by atoms with van der Waals surface area (Å²) in [6.07, 6.45) is 1.51. The zero-order chi connectivity index (χ0) is 17.2. The van der Waals surface area contributed by atoms with Gasteiger partial charge in [-0.15, -0.1) is 0 Å². The fourth-order valence-electron chi connectivity index (χ4n) is 2.31. The molecule has 1 heterocycles. The van der Waals surface area contributed by atoms with Crippen molar-refractivity contribution < 1.29 is 12.8 Å². The molecule has 24 heavy (non-hydrogen) atoms. The molecule has 0 aliphatic carbocycles. The first-order valence-electron chi connectivity index (χ1n) is 7.44. The lowest BCUT2D eigenvalue weighted by Gasteiger charge is -2.08. The van der Waals surface area contributed by atoms with Crippen molar-refractivity contribution in [3.63, 3.8) is 0 Å². The van der Waals surface area contributed by atoms with Crippen molar-refractivity contribution in [1.29, 1.82) is 0 Å². The average molecular weight is 342 g/mol. The Balaban J connectivity index is 1.79. The smallest absolute Gasteiger partial charge is 0.240 e. The number of nitrogens with one attached hydrogen (secondary N) is 1. The number of anilines is 1. The van der Waals surface area contributed by atoms with Gasteiger partial charge in [0, 0.05) is 5.69 Å². The molecule has 3 rings (SSSR count). The molecule has 124 valence electrons. The highest BCUT2D eigenvalue weighted by molar-refractivity contribution is 7.89. The minimum Gasteiger partial charge on any atom is -0.468 e. The van der Waals surface area contributed by atoms with Crippen LogP contribution in [0.25, 0.3) is 11.1 Å². The molecule has 6 heteroatoms. The molecule has 0 aliphatic heterocycles. The lowest BCUT2D eigenvalue weighted by Crippen LogP contribution is -2.22. The maximum absolute atomic E-state index is 12.3. The predicted molar refractivity (Wildman–Crippen MR) is 93.8 cm³/mol. The minimum atomic E-state index is -3.58. The highest BCUT2D eigenvalue weighted by Gasteiger charge is 2.14. The van der Waals surface area contributed by atoms with E-state index in [4.69, 9.17) is 10.2 Å². The van der Waals surface area contributed by atoms with Gasteiger partial charge in [0.05, 0.1) is 17.7 Å². The van der Waals surface area contributed by atoms with E-state index in [2.05, 4.69) is 4.72 Å². The normalized spacial score (nSPS) is 11.5. The summed E-state index contributed by atoms with van der Waals surface area (Å²) >= 11 is 0. The van der Waals surface area contributed by atoms with Gasteiger partial charge >= 0.3 is 0 Å². The van der Waals surface area contributed by atoms with Crippen molar-refractivity contribution in [2.45, 2.75) is 18.4 Å². The number of aryl methyl sites for hydroxylation is 1. The Kier molecular flexibility index (Phi) is 4.42. The number of hydrogen-bond donors (Lipinski definition) is 2. The highest BCUT2D eigenvalue weighted by Crippen LogP contribution is 2.25. The molecule has 0 spiro atoms. The van der Waals surface area contributed by atoms with E-state index in [0.29, 0.717) is 11.4 Å². The maximum atomic E-state index is 12.3. The third-order valence-corrected chi connectivity index (χ3v) is 5.21. The molecule has 0 bridgehead atoms. The lowest BCUT2D eigenvalue weighted by molar-refractivity contribution is 0.498. The average Bonchev–Trinajstić information content (AvgIpc) is 3.09. The van der Waals surface area contributed by atoms with Crippen molar-refractivity contribution in [3.05, 3.63) is 72.2 Å². The molecule has 1 aromatic heterocycles. The van der Waals surface area contributed by atoms with Crippen LogP contribution in [0, 0.1) is 6.92 Å². The topological polar surface area (TPSA) is 85.3 Å². The van der Waals surface area contributed by atoms with E-state index in [1.54, 1.807) is 36.4 Å². The van der Waals surface area contributed by atoms with Crippen LogP contribution in [-0.2, 0) is 16.6 Å². The number of benzene rings is 2. The van der Waals surface area contributed by atoms with Crippen LogP contribution in [0.5, 0.6) is 0 Å². The Labute approximate surface area is 141 Å². The minimum absolute atomic E-state index is 0.117. The number of rotatable bonds is 5. The molecule has 5 nitrogen and oxygen atoms in total. The summed E-state index contributed by atoms with van der Waals surface area (Å²) in [6, 6.07) is 15.9. The SMILES string of the molecule is Cc1ccc(-c2ccc(S(=O)(=O)NCc3ccco3)cc2)cc1N. The molecule has 0 fully saturated rings. The maximum Gasteiger partial charge on any atom is 0.240 e. The number of nitrogen functional groups attached to an aromatic ring is 1. The molecule has 0 atom stereocenters. The van der Waals surface area contributed by atoms with E-state index in [0.717, 1.165) is 16.7 Å². The number of sulfonamides is 1. The Bertz CT molecular complexity index is 931. The van der Waals surface area contributed by atoms with Crippen molar-refractivity contribution in [3.8, 4) is 11.1 Å². The second-order valence-electron chi connectivity index (χ2n) is 5.50. The molecule has 0 saturated heterocycles. The summed E-state index contributed by atoms with van der Waals surface area (Å²) < 4.78 is 32.2. The van der Waals surface area contributed by atoms with E-state index < -0.39 is 10.0 Å². The Morgan fingerprint density at radius 3 is 2.38 bits per heavy atom. The van der Waals surface area contributed by atoms with Gasteiger partial charge in [-0.1, -0.05) is 24.3 Å². The van der Waals surface area contributed by atoms with Crippen molar-refractivity contribution in [2.24, 2.45) is 0 Å². The quantitative estimate of drug-likeness (QED) is 0.697. The summed E-state index contributed by atoms with van der Waals surface area (Å²) in [4.78, 5) is 0.206. The molecule has 3 aromatic rings. The second-order valence-corrected chi connectivity index (χ2v) is 7.27. The van der Waals surface area contributed by atoms with Gasteiger partial charge in [0.1, 0.15) is 5.76 Å². The monoisotopic (exact) mass is 342 g/mol. The summed E-state index contributed by atoms with van der Waals surface area (Å²) in [7, 11) is -3.58. The van der Waals surface area contributed by atoms with Crippen LogP contribution < -0.4 is 10.5 Å². The standard InChI is InChI=1S/C18H18N2O3S/c1-13-4-5-15(11-18(13)19)14-6-8-17(9-7-14)24(21,22)20-12-16-3-2-10-23-16/h2-11,20H,12,19H2,1H3. The number of furan rings is 1. The molecule has 3 N–H and O–H groups in total. The van der Waals surface area contributed by atoms with Crippen molar-refractivity contribution in [1.82, 2.24) is 4.72 Å². The van der Waals surface area contributed by atoms with Gasteiger partial charge in [0.25, 0.3) is 0 Å². The molecule has 0 aliphatic rings. The van der Waals surface area contributed by atoms with Gasteiger partial charge < -0.3 is 10.2 Å². The van der Waals surface area contributed by atoms with Gasteiger partial charge in [-0.05, 0) is 53.9 Å². The van der Waals surface area contributed by atoms with E-state index in [-0.39, 0.29) is 11.4 Å². The van der Waals surface area contributed by atoms with Crippen LogP contribution in [0.4, 0.5) is 5.69 Å². The molecular weight excluding hydrogens is 324 g/mol. The van der Waals surface area contributed by atoms with Gasteiger partial charge in [0.15, 0.2) is 0 Å².